The second-order valence-corrected chi connectivity index (χ2v) is 4.71. The molecule has 1 aromatic carbocycles. The first-order chi connectivity index (χ1) is 10.1. The number of nitrogens with one attached hydrogen (secondary N) is 1. The van der Waals surface area contributed by atoms with E-state index in [9.17, 15) is 8.78 Å². The van der Waals surface area contributed by atoms with Crippen molar-refractivity contribution in [3.63, 3.8) is 0 Å². The van der Waals surface area contributed by atoms with Crippen LogP contribution in [0, 0.1) is 11.6 Å². The van der Waals surface area contributed by atoms with Crippen LogP contribution in [0.25, 0.3) is 0 Å². The van der Waals surface area contributed by atoms with Crippen LogP contribution in [0.4, 0.5) is 8.78 Å². The van der Waals surface area contributed by atoms with Crippen molar-refractivity contribution in [1.82, 2.24) is 15.1 Å². The monoisotopic (exact) mass is 295 g/mol. The van der Waals surface area contributed by atoms with E-state index in [2.05, 4.69) is 10.4 Å². The first kappa shape index (κ1) is 15.4. The van der Waals surface area contributed by atoms with Crippen molar-refractivity contribution in [2.24, 2.45) is 7.05 Å². The number of nitrogens with zero attached hydrogens (tertiary/aromatic N) is 2. The summed E-state index contributed by atoms with van der Waals surface area (Å²) in [4.78, 5) is 0. The maximum absolute atomic E-state index is 13.9. The van der Waals surface area contributed by atoms with Gasteiger partial charge in [-0.05, 0) is 30.3 Å². The molecule has 21 heavy (non-hydrogen) atoms. The molecule has 0 aliphatic carbocycles. The summed E-state index contributed by atoms with van der Waals surface area (Å²) >= 11 is 0. The lowest BCUT2D eigenvalue weighted by Crippen LogP contribution is -2.13. The van der Waals surface area contributed by atoms with Gasteiger partial charge in [0, 0.05) is 31.9 Å². The van der Waals surface area contributed by atoms with Gasteiger partial charge in [-0.15, -0.1) is 0 Å². The lowest BCUT2D eigenvalue weighted by atomic mass is 10.2. The van der Waals surface area contributed by atoms with Crippen LogP contribution >= 0.6 is 0 Å². The zero-order valence-corrected chi connectivity index (χ0v) is 12.2. The number of ether oxygens (including phenoxy) is 1. The minimum absolute atomic E-state index is 0.194. The molecule has 0 spiro atoms. The van der Waals surface area contributed by atoms with Gasteiger partial charge in [0.1, 0.15) is 0 Å². The first-order valence-electron chi connectivity index (χ1n) is 6.90. The second kappa shape index (κ2) is 7.17. The van der Waals surface area contributed by atoms with E-state index in [1.807, 2.05) is 20.0 Å². The molecule has 2 aromatic rings. The van der Waals surface area contributed by atoms with Gasteiger partial charge in [-0.1, -0.05) is 6.92 Å². The highest BCUT2D eigenvalue weighted by Crippen LogP contribution is 2.23. The fraction of sp³-hybridized carbons (Fsp3) is 0.400. The van der Waals surface area contributed by atoms with Crippen molar-refractivity contribution in [2.75, 3.05) is 13.2 Å². The van der Waals surface area contributed by atoms with E-state index in [4.69, 9.17) is 4.74 Å². The van der Waals surface area contributed by atoms with Crippen molar-refractivity contribution >= 4 is 0 Å². The van der Waals surface area contributed by atoms with Gasteiger partial charge in [-0.25, -0.2) is 8.78 Å². The molecule has 114 valence electrons. The van der Waals surface area contributed by atoms with Crippen molar-refractivity contribution in [2.45, 2.75) is 19.9 Å². The van der Waals surface area contributed by atoms with Crippen molar-refractivity contribution in [3.8, 4) is 5.75 Å². The second-order valence-electron chi connectivity index (χ2n) is 4.71. The van der Waals surface area contributed by atoms with Gasteiger partial charge in [-0.2, -0.15) is 5.10 Å². The Kier molecular flexibility index (Phi) is 5.27. The Morgan fingerprint density at radius 2 is 2.00 bits per heavy atom. The highest BCUT2D eigenvalue weighted by molar-refractivity contribution is 5.31. The lowest BCUT2D eigenvalue weighted by Gasteiger charge is -2.10. The topological polar surface area (TPSA) is 39.1 Å². The van der Waals surface area contributed by atoms with Crippen LogP contribution in [0.3, 0.4) is 0 Å². The van der Waals surface area contributed by atoms with Crippen LogP contribution in [0.5, 0.6) is 5.75 Å². The fourth-order valence-electron chi connectivity index (χ4n) is 2.03. The Balaban J connectivity index is 1.98. The molecular formula is C15H19F2N3O. The summed E-state index contributed by atoms with van der Waals surface area (Å²) in [5.74, 6) is -1.67. The van der Waals surface area contributed by atoms with E-state index in [1.54, 1.807) is 10.9 Å². The van der Waals surface area contributed by atoms with Crippen molar-refractivity contribution < 1.29 is 13.5 Å². The summed E-state index contributed by atoms with van der Waals surface area (Å²) in [6.45, 7) is 3.30. The molecule has 1 aromatic heterocycles. The van der Waals surface area contributed by atoms with E-state index in [1.165, 1.54) is 12.1 Å². The summed E-state index contributed by atoms with van der Waals surface area (Å²) in [7, 11) is 1.81. The molecule has 0 saturated heterocycles. The Bertz CT molecular complexity index is 575. The van der Waals surface area contributed by atoms with Gasteiger partial charge >= 0.3 is 0 Å². The van der Waals surface area contributed by atoms with Gasteiger partial charge in [0.25, 0.3) is 0 Å². The maximum Gasteiger partial charge on any atom is 0.190 e. The van der Waals surface area contributed by atoms with Gasteiger partial charge in [-0.3, -0.25) is 4.68 Å². The molecule has 0 aliphatic heterocycles. The zero-order valence-electron chi connectivity index (χ0n) is 12.2. The zero-order chi connectivity index (χ0) is 15.2. The Morgan fingerprint density at radius 1 is 1.29 bits per heavy atom. The molecule has 1 N–H and O–H groups in total. The molecular weight excluding hydrogens is 276 g/mol. The third-order valence-electron chi connectivity index (χ3n) is 3.16. The predicted molar refractivity (Wildman–Crippen MR) is 76.1 cm³/mol. The van der Waals surface area contributed by atoms with E-state index in [0.29, 0.717) is 18.5 Å². The number of benzene rings is 1. The van der Waals surface area contributed by atoms with E-state index in [-0.39, 0.29) is 12.4 Å². The van der Waals surface area contributed by atoms with Gasteiger partial charge < -0.3 is 10.1 Å². The van der Waals surface area contributed by atoms with E-state index < -0.39 is 11.6 Å². The van der Waals surface area contributed by atoms with Gasteiger partial charge in [0.05, 0.1) is 6.61 Å². The molecule has 0 amide bonds. The highest BCUT2D eigenvalue weighted by Gasteiger charge is 2.13. The molecule has 6 heteroatoms. The molecule has 0 unspecified atom stereocenters. The molecule has 1 heterocycles. The SMILES string of the molecule is CCNCc1cc(F)c(OCCc2ccnn2C)c(F)c1. The molecule has 2 rings (SSSR count). The largest absolute Gasteiger partial charge is 0.487 e. The number of rotatable bonds is 7. The number of hydrogen-bond acceptors (Lipinski definition) is 3. The summed E-state index contributed by atoms with van der Waals surface area (Å²) in [5.41, 5.74) is 1.51. The van der Waals surface area contributed by atoms with Crippen molar-refractivity contribution in [3.05, 3.63) is 47.3 Å². The molecule has 0 radical (unpaired) electrons. The standard InChI is InChI=1S/C15H19F2N3O/c1-3-18-10-11-8-13(16)15(14(17)9-11)21-7-5-12-4-6-19-20(12)2/h4,6,8-9,18H,3,5,7,10H2,1-2H3. The predicted octanol–water partition coefficient (Wildman–Crippen LogP) is 2.43. The third kappa shape index (κ3) is 4.01. The first-order valence-corrected chi connectivity index (χ1v) is 6.90. The highest BCUT2D eigenvalue weighted by atomic mass is 19.1. The lowest BCUT2D eigenvalue weighted by molar-refractivity contribution is 0.285. The summed E-state index contributed by atoms with van der Waals surface area (Å²) in [5, 5.41) is 7.05. The summed E-state index contributed by atoms with van der Waals surface area (Å²) in [6, 6.07) is 4.44. The molecule has 0 saturated carbocycles. The van der Waals surface area contributed by atoms with Crippen LogP contribution in [0.15, 0.2) is 24.4 Å². The molecule has 0 bridgehead atoms. The van der Waals surface area contributed by atoms with Crippen LogP contribution in [-0.4, -0.2) is 22.9 Å². The van der Waals surface area contributed by atoms with Gasteiger partial charge in [0.15, 0.2) is 17.4 Å². The number of aromatic nitrogens is 2. The molecule has 0 fully saturated rings. The quantitative estimate of drug-likeness (QED) is 0.852. The smallest absolute Gasteiger partial charge is 0.190 e. The van der Waals surface area contributed by atoms with Crippen LogP contribution in [0.2, 0.25) is 0 Å². The summed E-state index contributed by atoms with van der Waals surface area (Å²) in [6.07, 6.45) is 2.21. The third-order valence-corrected chi connectivity index (χ3v) is 3.16. The van der Waals surface area contributed by atoms with Crippen LogP contribution in [-0.2, 0) is 20.0 Å². The van der Waals surface area contributed by atoms with E-state index >= 15 is 0 Å². The normalized spacial score (nSPS) is 10.9. The average Bonchev–Trinajstić information content (AvgIpc) is 2.85. The summed E-state index contributed by atoms with van der Waals surface area (Å²) < 4.78 is 34.7. The van der Waals surface area contributed by atoms with Crippen LogP contribution < -0.4 is 10.1 Å². The maximum atomic E-state index is 13.9. The molecule has 0 aliphatic rings. The molecule has 4 nitrogen and oxygen atoms in total. The van der Waals surface area contributed by atoms with Gasteiger partial charge in [0.2, 0.25) is 0 Å². The van der Waals surface area contributed by atoms with Crippen LogP contribution in [0.1, 0.15) is 18.2 Å². The average molecular weight is 295 g/mol. The van der Waals surface area contributed by atoms with Crippen molar-refractivity contribution in [1.29, 1.82) is 0 Å². The Labute approximate surface area is 122 Å². The number of hydrogen-bond donors (Lipinski definition) is 1. The minimum atomic E-state index is -0.673. The molecule has 0 atom stereocenters. The number of aryl methyl sites for hydroxylation is 1. The Morgan fingerprint density at radius 3 is 2.57 bits per heavy atom. The fourth-order valence-corrected chi connectivity index (χ4v) is 2.03. The van der Waals surface area contributed by atoms with E-state index in [0.717, 1.165) is 12.2 Å². The minimum Gasteiger partial charge on any atom is -0.487 e. The Hall–Kier alpha value is -1.95. The number of halogens is 2.